The van der Waals surface area contributed by atoms with Gasteiger partial charge in [0.15, 0.2) is 0 Å². The van der Waals surface area contributed by atoms with E-state index in [4.69, 9.17) is 21.1 Å². The van der Waals surface area contributed by atoms with Crippen molar-refractivity contribution in [1.29, 1.82) is 0 Å². The van der Waals surface area contributed by atoms with Gasteiger partial charge in [-0.05, 0) is 18.8 Å². The summed E-state index contributed by atoms with van der Waals surface area (Å²) >= 11 is 5.64. The molecule has 1 aliphatic carbocycles. The molecule has 1 atom stereocenters. The number of hydrogen-bond donors (Lipinski definition) is 0. The van der Waals surface area contributed by atoms with Gasteiger partial charge in [-0.2, -0.15) is 0 Å². The van der Waals surface area contributed by atoms with E-state index < -0.39 is 0 Å². The van der Waals surface area contributed by atoms with Crippen molar-refractivity contribution in [1.82, 2.24) is 0 Å². The Morgan fingerprint density at radius 3 is 2.67 bits per heavy atom. The van der Waals surface area contributed by atoms with Gasteiger partial charge in [-0.25, -0.2) is 0 Å². The lowest BCUT2D eigenvalue weighted by Gasteiger charge is -2.28. The van der Waals surface area contributed by atoms with Gasteiger partial charge < -0.3 is 9.47 Å². The number of hydrogen-bond acceptors (Lipinski definition) is 2. The molecule has 0 saturated heterocycles. The molecule has 0 aromatic carbocycles. The molecule has 1 saturated carbocycles. The zero-order chi connectivity index (χ0) is 10.9. The molecular weight excluding hydrogens is 212 g/mol. The third-order valence-corrected chi connectivity index (χ3v) is 3.09. The van der Waals surface area contributed by atoms with Crippen molar-refractivity contribution in [3.05, 3.63) is 12.2 Å². The number of allylic oxidation sites excluding steroid dienone is 1. The molecular formula is C12H21ClO2. The zero-order valence-corrected chi connectivity index (χ0v) is 10.2. The monoisotopic (exact) mass is 232 g/mol. The van der Waals surface area contributed by atoms with Gasteiger partial charge in [0, 0.05) is 13.0 Å². The lowest BCUT2D eigenvalue weighted by Crippen LogP contribution is -2.25. The SMILES string of the molecule is COCOC(/C=C/CCl)C1CCCCC1. The molecule has 88 valence electrons. The van der Waals surface area contributed by atoms with Crippen LogP contribution in [0, 0.1) is 5.92 Å². The van der Waals surface area contributed by atoms with Crippen LogP contribution in [0.1, 0.15) is 32.1 Å². The lowest BCUT2D eigenvalue weighted by molar-refractivity contribution is -0.0773. The molecule has 0 bridgehead atoms. The molecule has 0 aromatic rings. The van der Waals surface area contributed by atoms with Crippen molar-refractivity contribution in [2.75, 3.05) is 19.8 Å². The molecule has 0 heterocycles. The van der Waals surface area contributed by atoms with E-state index in [1.54, 1.807) is 7.11 Å². The second-order valence-corrected chi connectivity index (χ2v) is 4.33. The van der Waals surface area contributed by atoms with Crippen molar-refractivity contribution in [3.63, 3.8) is 0 Å². The van der Waals surface area contributed by atoms with E-state index in [0.29, 0.717) is 18.6 Å². The second-order valence-electron chi connectivity index (χ2n) is 4.02. The van der Waals surface area contributed by atoms with E-state index in [1.807, 2.05) is 6.08 Å². The summed E-state index contributed by atoms with van der Waals surface area (Å²) in [4.78, 5) is 0. The molecule has 0 N–H and O–H groups in total. The maximum Gasteiger partial charge on any atom is 0.147 e. The third kappa shape index (κ3) is 5.01. The van der Waals surface area contributed by atoms with Crippen molar-refractivity contribution in [3.8, 4) is 0 Å². The summed E-state index contributed by atoms with van der Waals surface area (Å²) in [6.45, 7) is 0.369. The Morgan fingerprint density at radius 2 is 2.07 bits per heavy atom. The van der Waals surface area contributed by atoms with Crippen LogP contribution in [0.25, 0.3) is 0 Å². The van der Waals surface area contributed by atoms with Crippen LogP contribution >= 0.6 is 11.6 Å². The summed E-state index contributed by atoms with van der Waals surface area (Å²) in [6.07, 6.45) is 10.8. The molecule has 1 aliphatic rings. The van der Waals surface area contributed by atoms with E-state index in [-0.39, 0.29) is 6.10 Å². The van der Waals surface area contributed by atoms with Gasteiger partial charge in [-0.15, -0.1) is 11.6 Å². The topological polar surface area (TPSA) is 18.5 Å². The molecule has 0 aliphatic heterocycles. The van der Waals surface area contributed by atoms with E-state index in [0.717, 1.165) is 0 Å². The van der Waals surface area contributed by atoms with E-state index >= 15 is 0 Å². The van der Waals surface area contributed by atoms with Gasteiger partial charge in [-0.3, -0.25) is 0 Å². The predicted octanol–water partition coefficient (Wildman–Crippen LogP) is 3.35. The Bertz CT molecular complexity index is 176. The van der Waals surface area contributed by atoms with Crippen LogP contribution in [0.15, 0.2) is 12.2 Å². The van der Waals surface area contributed by atoms with Gasteiger partial charge in [0.2, 0.25) is 0 Å². The quantitative estimate of drug-likeness (QED) is 0.397. The first-order chi connectivity index (χ1) is 7.38. The fraction of sp³-hybridized carbons (Fsp3) is 0.833. The summed E-state index contributed by atoms with van der Waals surface area (Å²) < 4.78 is 10.6. The Morgan fingerprint density at radius 1 is 1.33 bits per heavy atom. The van der Waals surface area contributed by atoms with Crippen LogP contribution in [0.4, 0.5) is 0 Å². The molecule has 0 amide bonds. The van der Waals surface area contributed by atoms with Gasteiger partial charge in [0.1, 0.15) is 6.79 Å². The van der Waals surface area contributed by atoms with Crippen molar-refractivity contribution >= 4 is 11.6 Å². The highest BCUT2D eigenvalue weighted by Crippen LogP contribution is 2.28. The summed E-state index contributed by atoms with van der Waals surface area (Å²) in [5.74, 6) is 1.20. The molecule has 0 aromatic heterocycles. The van der Waals surface area contributed by atoms with Crippen LogP contribution in [0.3, 0.4) is 0 Å². The molecule has 15 heavy (non-hydrogen) atoms. The number of halogens is 1. The first kappa shape index (κ1) is 13.0. The smallest absolute Gasteiger partial charge is 0.147 e. The largest absolute Gasteiger partial charge is 0.359 e. The number of methoxy groups -OCH3 is 1. The normalized spacial score (nSPS) is 20.9. The summed E-state index contributed by atoms with van der Waals surface area (Å²) in [6, 6.07) is 0. The minimum atomic E-state index is 0.184. The molecule has 3 heteroatoms. The Balaban J connectivity index is 2.41. The maximum absolute atomic E-state index is 5.67. The van der Waals surface area contributed by atoms with Crippen LogP contribution in [-0.4, -0.2) is 25.9 Å². The number of ether oxygens (including phenoxy) is 2. The summed E-state index contributed by atoms with van der Waals surface area (Å²) in [5, 5.41) is 0. The number of rotatable bonds is 6. The first-order valence-corrected chi connectivity index (χ1v) is 6.25. The highest BCUT2D eigenvalue weighted by molar-refractivity contribution is 6.18. The van der Waals surface area contributed by atoms with Crippen molar-refractivity contribution in [2.45, 2.75) is 38.2 Å². The average Bonchev–Trinajstić information content (AvgIpc) is 2.30. The fourth-order valence-electron chi connectivity index (χ4n) is 2.14. The highest BCUT2D eigenvalue weighted by Gasteiger charge is 2.21. The Hall–Kier alpha value is -0.0500. The fourth-order valence-corrected chi connectivity index (χ4v) is 2.25. The average molecular weight is 233 g/mol. The summed E-state index contributed by atoms with van der Waals surface area (Å²) in [7, 11) is 1.66. The van der Waals surface area contributed by atoms with Gasteiger partial charge >= 0.3 is 0 Å². The standard InChI is InChI=1S/C12H21ClO2/c1-14-10-15-12(8-5-9-13)11-6-3-2-4-7-11/h5,8,11-12H,2-4,6-7,9-10H2,1H3/b8-5+. The van der Waals surface area contributed by atoms with Crippen LogP contribution in [-0.2, 0) is 9.47 Å². The summed E-state index contributed by atoms with van der Waals surface area (Å²) in [5.41, 5.74) is 0. The van der Waals surface area contributed by atoms with Crippen LogP contribution < -0.4 is 0 Å². The second kappa shape index (κ2) is 8.14. The maximum atomic E-state index is 5.67. The molecule has 1 fully saturated rings. The van der Waals surface area contributed by atoms with Crippen LogP contribution in [0.2, 0.25) is 0 Å². The van der Waals surface area contributed by atoms with E-state index in [1.165, 1.54) is 32.1 Å². The molecule has 2 nitrogen and oxygen atoms in total. The predicted molar refractivity (Wildman–Crippen MR) is 63.2 cm³/mol. The third-order valence-electron chi connectivity index (χ3n) is 2.91. The van der Waals surface area contributed by atoms with Gasteiger partial charge in [0.05, 0.1) is 6.10 Å². The van der Waals surface area contributed by atoms with Crippen LogP contribution in [0.5, 0.6) is 0 Å². The van der Waals surface area contributed by atoms with Crippen molar-refractivity contribution in [2.24, 2.45) is 5.92 Å². The first-order valence-electron chi connectivity index (χ1n) is 5.71. The molecule has 1 rings (SSSR count). The zero-order valence-electron chi connectivity index (χ0n) is 9.45. The molecule has 1 unspecified atom stereocenters. The Kier molecular flexibility index (Phi) is 7.07. The number of alkyl halides is 1. The van der Waals surface area contributed by atoms with Gasteiger partial charge in [0.25, 0.3) is 0 Å². The Labute approximate surface area is 97.6 Å². The minimum absolute atomic E-state index is 0.184. The minimum Gasteiger partial charge on any atom is -0.359 e. The van der Waals surface area contributed by atoms with Crippen molar-refractivity contribution < 1.29 is 9.47 Å². The van der Waals surface area contributed by atoms with E-state index in [2.05, 4.69) is 6.08 Å². The van der Waals surface area contributed by atoms with Gasteiger partial charge in [-0.1, -0.05) is 31.4 Å². The highest BCUT2D eigenvalue weighted by atomic mass is 35.5. The molecule has 0 radical (unpaired) electrons. The lowest BCUT2D eigenvalue weighted by atomic mass is 9.85. The van der Waals surface area contributed by atoms with E-state index in [9.17, 15) is 0 Å². The molecule has 0 spiro atoms.